The second-order valence-electron chi connectivity index (χ2n) is 8.68. The molecule has 0 aromatic carbocycles. The van der Waals surface area contributed by atoms with E-state index in [2.05, 4.69) is 19.9 Å². The number of allylic oxidation sites excluding steroid dienone is 2. The summed E-state index contributed by atoms with van der Waals surface area (Å²) in [6.45, 7) is 4.69. The van der Waals surface area contributed by atoms with E-state index in [-0.39, 0.29) is 11.5 Å². The summed E-state index contributed by atoms with van der Waals surface area (Å²) in [7, 11) is 0. The Morgan fingerprint density at radius 3 is 2.76 bits per heavy atom. The van der Waals surface area contributed by atoms with E-state index in [1.54, 1.807) is 0 Å². The molecule has 4 rings (SSSR count). The molecular weight excluding hydrogens is 260 g/mol. The standard InChI is InChI=1S/C19H28O2/c1-18-9-7-13(20)11-12(18)3-4-14-15-5-6-17(21)19(15,2)10-8-16(14)18/h5-6,12-16,20H,3-4,7-11H2,1-2H3/t12-,13+,14+,15+,16+,18+,19+/m1/s1. The SMILES string of the molecule is C[C@]12CC[C@H](O)C[C@H]1CC[C@@H]1[C@@H]2CC[C@]2(C)C(=O)C=C[C@@H]12. The van der Waals surface area contributed by atoms with Gasteiger partial charge in [0.25, 0.3) is 0 Å². The molecule has 1 N–H and O–H groups in total. The van der Waals surface area contributed by atoms with Gasteiger partial charge in [0.15, 0.2) is 5.78 Å². The number of fused-ring (bicyclic) bond motifs is 5. The molecule has 4 aliphatic rings. The molecule has 3 saturated carbocycles. The zero-order valence-corrected chi connectivity index (χ0v) is 13.3. The van der Waals surface area contributed by atoms with Crippen LogP contribution in [0.2, 0.25) is 0 Å². The van der Waals surface area contributed by atoms with Gasteiger partial charge in [0.05, 0.1) is 6.10 Å². The van der Waals surface area contributed by atoms with Crippen molar-refractivity contribution in [3.63, 3.8) is 0 Å². The maximum atomic E-state index is 12.3. The van der Waals surface area contributed by atoms with E-state index < -0.39 is 0 Å². The minimum absolute atomic E-state index is 0.0681. The van der Waals surface area contributed by atoms with Crippen LogP contribution in [0.4, 0.5) is 0 Å². The van der Waals surface area contributed by atoms with Gasteiger partial charge in [-0.05, 0) is 80.1 Å². The highest BCUT2D eigenvalue weighted by Crippen LogP contribution is 2.64. The van der Waals surface area contributed by atoms with E-state index in [0.29, 0.717) is 29.0 Å². The van der Waals surface area contributed by atoms with Crippen LogP contribution >= 0.6 is 0 Å². The summed E-state index contributed by atoms with van der Waals surface area (Å²) in [6.07, 6.45) is 12.0. The molecule has 0 aromatic heterocycles. The van der Waals surface area contributed by atoms with E-state index in [1.807, 2.05) is 6.08 Å². The Kier molecular flexibility index (Phi) is 2.96. The van der Waals surface area contributed by atoms with Crippen molar-refractivity contribution in [1.82, 2.24) is 0 Å². The topological polar surface area (TPSA) is 37.3 Å². The minimum atomic E-state index is -0.0987. The summed E-state index contributed by atoms with van der Waals surface area (Å²) >= 11 is 0. The fourth-order valence-corrected chi connectivity index (χ4v) is 6.51. The summed E-state index contributed by atoms with van der Waals surface area (Å²) in [4.78, 5) is 12.3. The summed E-state index contributed by atoms with van der Waals surface area (Å²) < 4.78 is 0. The van der Waals surface area contributed by atoms with Crippen LogP contribution in [0.3, 0.4) is 0 Å². The van der Waals surface area contributed by atoms with Crippen molar-refractivity contribution in [2.75, 3.05) is 0 Å². The quantitative estimate of drug-likeness (QED) is 0.737. The number of carbonyl (C=O) groups excluding carboxylic acids is 1. The van der Waals surface area contributed by atoms with Crippen LogP contribution in [0.25, 0.3) is 0 Å². The first-order valence-corrected chi connectivity index (χ1v) is 8.86. The predicted octanol–water partition coefficient (Wildman–Crippen LogP) is 3.74. The van der Waals surface area contributed by atoms with E-state index in [4.69, 9.17) is 0 Å². The summed E-state index contributed by atoms with van der Waals surface area (Å²) in [6, 6.07) is 0. The molecule has 7 atom stereocenters. The number of rotatable bonds is 0. The van der Waals surface area contributed by atoms with Crippen LogP contribution in [0.5, 0.6) is 0 Å². The molecule has 116 valence electrons. The summed E-state index contributed by atoms with van der Waals surface area (Å²) in [5, 5.41) is 10.0. The maximum Gasteiger partial charge on any atom is 0.161 e. The highest BCUT2D eigenvalue weighted by Gasteiger charge is 2.58. The lowest BCUT2D eigenvalue weighted by molar-refractivity contribution is -0.139. The average Bonchev–Trinajstić information content (AvgIpc) is 2.76. The number of ketones is 1. The first kappa shape index (κ1) is 14.0. The fraction of sp³-hybridized carbons (Fsp3) is 0.842. The summed E-state index contributed by atoms with van der Waals surface area (Å²) in [5.74, 6) is 3.01. The number of hydrogen-bond acceptors (Lipinski definition) is 2. The van der Waals surface area contributed by atoms with Gasteiger partial charge in [-0.2, -0.15) is 0 Å². The molecule has 0 saturated heterocycles. The zero-order chi connectivity index (χ0) is 14.8. The lowest BCUT2D eigenvalue weighted by Crippen LogP contribution is -2.54. The Morgan fingerprint density at radius 1 is 1.14 bits per heavy atom. The van der Waals surface area contributed by atoms with Gasteiger partial charge in [-0.1, -0.05) is 19.9 Å². The van der Waals surface area contributed by atoms with E-state index in [1.165, 1.54) is 25.7 Å². The van der Waals surface area contributed by atoms with Gasteiger partial charge in [0.1, 0.15) is 0 Å². The Morgan fingerprint density at radius 2 is 1.95 bits per heavy atom. The highest BCUT2D eigenvalue weighted by molar-refractivity contribution is 5.97. The van der Waals surface area contributed by atoms with Crippen molar-refractivity contribution < 1.29 is 9.90 Å². The zero-order valence-electron chi connectivity index (χ0n) is 13.3. The van der Waals surface area contributed by atoms with Crippen molar-refractivity contribution in [2.24, 2.45) is 34.5 Å². The van der Waals surface area contributed by atoms with E-state index >= 15 is 0 Å². The molecule has 21 heavy (non-hydrogen) atoms. The number of hydrogen-bond donors (Lipinski definition) is 1. The van der Waals surface area contributed by atoms with Crippen LogP contribution in [-0.2, 0) is 4.79 Å². The van der Waals surface area contributed by atoms with Crippen molar-refractivity contribution in [2.45, 2.75) is 64.9 Å². The average molecular weight is 288 g/mol. The molecule has 0 spiro atoms. The van der Waals surface area contributed by atoms with Crippen LogP contribution in [-0.4, -0.2) is 17.0 Å². The molecule has 4 aliphatic carbocycles. The van der Waals surface area contributed by atoms with Crippen LogP contribution in [0, 0.1) is 34.5 Å². The Bertz CT molecular complexity index is 496. The molecule has 3 fully saturated rings. The van der Waals surface area contributed by atoms with Crippen LogP contribution in [0.1, 0.15) is 58.8 Å². The predicted molar refractivity (Wildman–Crippen MR) is 82.6 cm³/mol. The van der Waals surface area contributed by atoms with Gasteiger partial charge in [-0.25, -0.2) is 0 Å². The van der Waals surface area contributed by atoms with Crippen molar-refractivity contribution in [3.05, 3.63) is 12.2 Å². The van der Waals surface area contributed by atoms with Crippen molar-refractivity contribution in [1.29, 1.82) is 0 Å². The second-order valence-corrected chi connectivity index (χ2v) is 8.68. The van der Waals surface area contributed by atoms with Gasteiger partial charge in [-0.3, -0.25) is 4.79 Å². The lowest BCUT2D eigenvalue weighted by Gasteiger charge is -2.59. The Balaban J connectivity index is 1.65. The molecule has 0 bridgehead atoms. The lowest BCUT2D eigenvalue weighted by atomic mass is 9.45. The molecule has 2 nitrogen and oxygen atoms in total. The van der Waals surface area contributed by atoms with Crippen molar-refractivity contribution >= 4 is 5.78 Å². The molecule has 2 heteroatoms. The molecular formula is C19H28O2. The molecule has 0 unspecified atom stereocenters. The second kappa shape index (κ2) is 4.44. The molecule has 0 heterocycles. The Labute approximate surface area is 128 Å². The van der Waals surface area contributed by atoms with Gasteiger partial charge in [-0.15, -0.1) is 0 Å². The number of aliphatic hydroxyl groups excluding tert-OH is 1. The number of aliphatic hydroxyl groups is 1. The smallest absolute Gasteiger partial charge is 0.161 e. The molecule has 0 radical (unpaired) electrons. The van der Waals surface area contributed by atoms with Gasteiger partial charge in [0, 0.05) is 5.41 Å². The Hall–Kier alpha value is -0.630. The van der Waals surface area contributed by atoms with Gasteiger partial charge >= 0.3 is 0 Å². The highest BCUT2D eigenvalue weighted by atomic mass is 16.3. The first-order chi connectivity index (χ1) is 9.95. The third kappa shape index (κ3) is 1.78. The van der Waals surface area contributed by atoms with E-state index in [0.717, 1.165) is 25.2 Å². The minimum Gasteiger partial charge on any atom is -0.393 e. The van der Waals surface area contributed by atoms with Crippen molar-refractivity contribution in [3.8, 4) is 0 Å². The van der Waals surface area contributed by atoms with Gasteiger partial charge < -0.3 is 5.11 Å². The fourth-order valence-electron chi connectivity index (χ4n) is 6.51. The van der Waals surface area contributed by atoms with Crippen LogP contribution in [0.15, 0.2) is 12.2 Å². The van der Waals surface area contributed by atoms with Gasteiger partial charge in [0.2, 0.25) is 0 Å². The monoisotopic (exact) mass is 288 g/mol. The largest absolute Gasteiger partial charge is 0.393 e. The molecule has 0 aromatic rings. The first-order valence-electron chi connectivity index (χ1n) is 8.86. The number of carbonyl (C=O) groups is 1. The maximum absolute atomic E-state index is 12.3. The summed E-state index contributed by atoms with van der Waals surface area (Å²) in [5.41, 5.74) is 0.307. The molecule has 0 aliphatic heterocycles. The normalized spacial score (nSPS) is 55.8. The van der Waals surface area contributed by atoms with Crippen LogP contribution < -0.4 is 0 Å². The third-order valence-electron chi connectivity index (χ3n) is 7.91. The van der Waals surface area contributed by atoms with E-state index in [9.17, 15) is 9.90 Å². The molecule has 0 amide bonds. The third-order valence-corrected chi connectivity index (χ3v) is 7.91.